The topological polar surface area (TPSA) is 64.7 Å². The number of rotatable bonds is 3. The highest BCUT2D eigenvalue weighted by molar-refractivity contribution is 5.86. The third kappa shape index (κ3) is 2.05. The number of fused-ring (bicyclic) bond motifs is 1. The first-order valence-electron chi connectivity index (χ1n) is 7.20. The fourth-order valence-corrected chi connectivity index (χ4v) is 3.11. The van der Waals surface area contributed by atoms with Crippen molar-refractivity contribution in [1.82, 2.24) is 29.5 Å². The van der Waals surface area contributed by atoms with E-state index in [9.17, 15) is 0 Å². The van der Waals surface area contributed by atoms with Crippen molar-refractivity contribution in [3.8, 4) is 0 Å². The molecule has 4 rings (SSSR count). The van der Waals surface area contributed by atoms with Gasteiger partial charge in [-0.05, 0) is 18.9 Å². The van der Waals surface area contributed by atoms with E-state index in [-0.39, 0.29) is 0 Å². The zero-order valence-electron chi connectivity index (χ0n) is 11.9. The van der Waals surface area contributed by atoms with Crippen molar-refractivity contribution in [2.45, 2.75) is 25.4 Å². The summed E-state index contributed by atoms with van der Waals surface area (Å²) < 4.78 is 3.78. The summed E-state index contributed by atoms with van der Waals surface area (Å²) >= 11 is 0. The van der Waals surface area contributed by atoms with E-state index in [1.165, 1.54) is 6.42 Å². The molecule has 7 nitrogen and oxygen atoms in total. The maximum atomic E-state index is 4.51. The van der Waals surface area contributed by atoms with Gasteiger partial charge in [-0.15, -0.1) is 0 Å². The van der Waals surface area contributed by atoms with E-state index >= 15 is 0 Å². The Morgan fingerprint density at radius 2 is 2.24 bits per heavy atom. The molecule has 21 heavy (non-hydrogen) atoms. The lowest BCUT2D eigenvalue weighted by Gasteiger charge is -2.26. The third-order valence-electron chi connectivity index (χ3n) is 4.11. The predicted octanol–water partition coefficient (Wildman–Crippen LogP) is 1.23. The number of nitrogens with zero attached hydrogens (tertiary/aromatic N) is 7. The second-order valence-electron chi connectivity index (χ2n) is 5.42. The van der Waals surface area contributed by atoms with Crippen LogP contribution in [-0.4, -0.2) is 42.1 Å². The van der Waals surface area contributed by atoms with Crippen molar-refractivity contribution in [3.05, 3.63) is 31.0 Å². The lowest BCUT2D eigenvalue weighted by molar-refractivity contribution is 0.508. The first-order valence-corrected chi connectivity index (χ1v) is 7.20. The molecule has 7 heteroatoms. The van der Waals surface area contributed by atoms with Crippen LogP contribution < -0.4 is 4.90 Å². The summed E-state index contributed by atoms with van der Waals surface area (Å²) in [7, 11) is 1.91. The van der Waals surface area contributed by atoms with Gasteiger partial charge in [0.15, 0.2) is 5.65 Å². The summed E-state index contributed by atoms with van der Waals surface area (Å²) in [6, 6.07) is 2.38. The monoisotopic (exact) mass is 283 g/mol. The van der Waals surface area contributed by atoms with Gasteiger partial charge in [0, 0.05) is 26.0 Å². The summed E-state index contributed by atoms with van der Waals surface area (Å²) in [6.45, 7) is 1.91. The average molecular weight is 283 g/mol. The molecule has 1 aliphatic rings. The lowest BCUT2D eigenvalue weighted by Crippen LogP contribution is -2.33. The molecule has 0 saturated carbocycles. The standard InChI is InChI=1S/C14H17N7/c1-19-13-12(8-18-19)14(16-10-15-13)21-7-2-4-11(21)9-20-6-3-5-17-20/h3,5-6,8,10-11H,2,4,7,9H2,1H3/t11-/m0/s1. The Balaban J connectivity index is 1.70. The smallest absolute Gasteiger partial charge is 0.163 e. The quantitative estimate of drug-likeness (QED) is 0.723. The molecule has 108 valence electrons. The molecule has 0 bridgehead atoms. The molecule has 0 aliphatic carbocycles. The number of hydrogen-bond donors (Lipinski definition) is 0. The Morgan fingerprint density at radius 3 is 3.10 bits per heavy atom. The number of hydrogen-bond acceptors (Lipinski definition) is 5. The van der Waals surface area contributed by atoms with Gasteiger partial charge in [0.05, 0.1) is 24.2 Å². The molecule has 1 atom stereocenters. The Bertz CT molecular complexity index is 746. The Morgan fingerprint density at radius 1 is 1.29 bits per heavy atom. The zero-order valence-corrected chi connectivity index (χ0v) is 11.9. The molecule has 1 saturated heterocycles. The third-order valence-corrected chi connectivity index (χ3v) is 4.11. The molecule has 0 amide bonds. The minimum absolute atomic E-state index is 0.420. The second kappa shape index (κ2) is 4.83. The van der Waals surface area contributed by atoms with Crippen molar-refractivity contribution in [3.63, 3.8) is 0 Å². The summed E-state index contributed by atoms with van der Waals surface area (Å²) in [5.74, 6) is 0.989. The molecule has 0 spiro atoms. The van der Waals surface area contributed by atoms with Gasteiger partial charge in [-0.2, -0.15) is 10.2 Å². The number of aromatic nitrogens is 6. The number of aryl methyl sites for hydroxylation is 1. The predicted molar refractivity (Wildman–Crippen MR) is 78.9 cm³/mol. The van der Waals surface area contributed by atoms with Gasteiger partial charge in [-0.25, -0.2) is 9.97 Å². The SMILES string of the molecule is Cn1ncc2c(N3CCC[C@H]3Cn3cccn3)ncnc21. The Kier molecular flexibility index (Phi) is 2.83. The van der Waals surface area contributed by atoms with Crippen LogP contribution in [0, 0.1) is 0 Å². The van der Waals surface area contributed by atoms with Gasteiger partial charge < -0.3 is 4.90 Å². The van der Waals surface area contributed by atoms with Gasteiger partial charge >= 0.3 is 0 Å². The molecule has 3 aromatic rings. The maximum Gasteiger partial charge on any atom is 0.163 e. The molecule has 0 N–H and O–H groups in total. The van der Waals surface area contributed by atoms with Crippen LogP contribution in [0.25, 0.3) is 11.0 Å². The summed E-state index contributed by atoms with van der Waals surface area (Å²) in [5, 5.41) is 9.63. The van der Waals surface area contributed by atoms with Crippen molar-refractivity contribution in [2.24, 2.45) is 7.05 Å². The van der Waals surface area contributed by atoms with Crippen molar-refractivity contribution < 1.29 is 0 Å². The highest BCUT2D eigenvalue weighted by Gasteiger charge is 2.28. The van der Waals surface area contributed by atoms with E-state index in [1.807, 2.05) is 36.4 Å². The van der Waals surface area contributed by atoms with E-state index in [0.29, 0.717) is 6.04 Å². The van der Waals surface area contributed by atoms with Gasteiger partial charge in [-0.3, -0.25) is 9.36 Å². The van der Waals surface area contributed by atoms with E-state index in [4.69, 9.17) is 0 Å². The van der Waals surface area contributed by atoms with Crippen LogP contribution in [0.15, 0.2) is 31.0 Å². The molecule has 4 heterocycles. The van der Waals surface area contributed by atoms with Gasteiger partial charge in [0.25, 0.3) is 0 Å². The van der Waals surface area contributed by atoms with Crippen LogP contribution in [0.5, 0.6) is 0 Å². The summed E-state index contributed by atoms with van der Waals surface area (Å²) in [4.78, 5) is 11.2. The minimum Gasteiger partial charge on any atom is -0.351 e. The largest absolute Gasteiger partial charge is 0.351 e. The number of anilines is 1. The Labute approximate surface area is 122 Å². The second-order valence-corrected chi connectivity index (χ2v) is 5.42. The molecule has 1 aliphatic heterocycles. The van der Waals surface area contributed by atoms with Crippen molar-refractivity contribution >= 4 is 16.9 Å². The normalized spacial score (nSPS) is 18.7. The highest BCUT2D eigenvalue weighted by Crippen LogP contribution is 2.29. The molecule has 0 radical (unpaired) electrons. The Hall–Kier alpha value is -2.44. The fourth-order valence-electron chi connectivity index (χ4n) is 3.11. The molecule has 3 aromatic heterocycles. The maximum absolute atomic E-state index is 4.51. The van der Waals surface area contributed by atoms with Crippen molar-refractivity contribution in [1.29, 1.82) is 0 Å². The van der Waals surface area contributed by atoms with E-state index in [1.54, 1.807) is 11.0 Å². The first kappa shape index (κ1) is 12.3. The molecule has 0 unspecified atom stereocenters. The first-order chi connectivity index (χ1) is 10.3. The molecule has 0 aromatic carbocycles. The summed E-state index contributed by atoms with van der Waals surface area (Å²) in [5.41, 5.74) is 0.879. The van der Waals surface area contributed by atoms with Crippen LogP contribution in [0.4, 0.5) is 5.82 Å². The van der Waals surface area contributed by atoms with Crippen molar-refractivity contribution in [2.75, 3.05) is 11.4 Å². The zero-order chi connectivity index (χ0) is 14.2. The van der Waals surface area contributed by atoms with Gasteiger partial charge in [0.1, 0.15) is 12.1 Å². The fraction of sp³-hybridized carbons (Fsp3) is 0.429. The highest BCUT2D eigenvalue weighted by atomic mass is 15.3. The minimum atomic E-state index is 0.420. The van der Waals surface area contributed by atoms with Gasteiger partial charge in [-0.1, -0.05) is 0 Å². The molecular formula is C14H17N7. The molecule has 1 fully saturated rings. The van der Waals surface area contributed by atoms with E-state index in [2.05, 4.69) is 25.1 Å². The van der Waals surface area contributed by atoms with E-state index < -0.39 is 0 Å². The average Bonchev–Trinajstić information content (AvgIpc) is 3.22. The van der Waals surface area contributed by atoms with Crippen LogP contribution in [0.1, 0.15) is 12.8 Å². The van der Waals surface area contributed by atoms with Gasteiger partial charge in [0.2, 0.25) is 0 Å². The van der Waals surface area contributed by atoms with Crippen LogP contribution in [0.2, 0.25) is 0 Å². The summed E-state index contributed by atoms with van der Waals surface area (Å²) in [6.07, 6.45) is 9.65. The van der Waals surface area contributed by atoms with Crippen LogP contribution in [0.3, 0.4) is 0 Å². The molecular weight excluding hydrogens is 266 g/mol. The van der Waals surface area contributed by atoms with E-state index in [0.717, 1.165) is 36.4 Å². The van der Waals surface area contributed by atoms with Crippen LogP contribution >= 0.6 is 0 Å². The lowest BCUT2D eigenvalue weighted by atomic mass is 10.2. The van der Waals surface area contributed by atoms with Crippen LogP contribution in [-0.2, 0) is 13.6 Å².